The van der Waals surface area contributed by atoms with Crippen LogP contribution in [-0.2, 0) is 6.54 Å². The molecule has 0 fully saturated rings. The third-order valence-electron chi connectivity index (χ3n) is 5.33. The molecule has 0 aliphatic heterocycles. The Labute approximate surface area is 178 Å². The first-order chi connectivity index (χ1) is 14.8. The molecule has 30 heavy (non-hydrogen) atoms. The lowest BCUT2D eigenvalue weighted by Crippen LogP contribution is -2.23. The van der Waals surface area contributed by atoms with Gasteiger partial charge in [-0.1, -0.05) is 73.7 Å². The van der Waals surface area contributed by atoms with Crippen molar-refractivity contribution in [3.8, 4) is 21.8 Å². The second-order valence-electron chi connectivity index (χ2n) is 7.12. The summed E-state index contributed by atoms with van der Waals surface area (Å²) in [7, 11) is 0. The average Bonchev–Trinajstić information content (AvgIpc) is 3.38. The highest BCUT2D eigenvalue weighted by Gasteiger charge is 2.17. The van der Waals surface area contributed by atoms with Crippen molar-refractivity contribution in [1.29, 1.82) is 0 Å². The van der Waals surface area contributed by atoms with Crippen LogP contribution in [0.25, 0.3) is 37.7 Å². The van der Waals surface area contributed by atoms with Crippen LogP contribution in [0.15, 0.2) is 60.7 Å². The molecular formula is C23H22N6S. The molecule has 0 spiro atoms. The summed E-state index contributed by atoms with van der Waals surface area (Å²) in [6, 6.07) is 20.6. The lowest BCUT2D eigenvalue weighted by atomic mass is 10.0. The number of aromatic nitrogens is 5. The molecule has 2 aromatic carbocycles. The van der Waals surface area contributed by atoms with Gasteiger partial charge < -0.3 is 0 Å². The molecule has 3 heterocycles. The van der Waals surface area contributed by atoms with Crippen molar-refractivity contribution < 1.29 is 0 Å². The van der Waals surface area contributed by atoms with Crippen LogP contribution in [0.1, 0.15) is 19.7 Å². The summed E-state index contributed by atoms with van der Waals surface area (Å²) >= 11 is 1.56. The third kappa shape index (κ3) is 3.36. The molecular weight excluding hydrogens is 392 g/mol. The molecule has 0 unspecified atom stereocenters. The van der Waals surface area contributed by atoms with Crippen molar-refractivity contribution >= 4 is 27.2 Å². The molecule has 5 rings (SSSR count). The molecule has 0 aliphatic rings. The molecule has 0 saturated heterocycles. The van der Waals surface area contributed by atoms with Gasteiger partial charge >= 0.3 is 0 Å². The highest BCUT2D eigenvalue weighted by atomic mass is 32.1. The smallest absolute Gasteiger partial charge is 0.235 e. The van der Waals surface area contributed by atoms with E-state index in [9.17, 15) is 0 Å². The van der Waals surface area contributed by atoms with Crippen LogP contribution in [0.4, 0.5) is 0 Å². The number of hydrogen-bond donors (Lipinski definition) is 0. The fraction of sp³-hybridized carbons (Fsp3) is 0.217. The third-order valence-corrected chi connectivity index (χ3v) is 6.26. The van der Waals surface area contributed by atoms with Crippen LogP contribution in [0.2, 0.25) is 0 Å². The van der Waals surface area contributed by atoms with Gasteiger partial charge in [0, 0.05) is 16.5 Å². The fourth-order valence-corrected chi connectivity index (χ4v) is 4.51. The van der Waals surface area contributed by atoms with Gasteiger partial charge in [0.2, 0.25) is 4.96 Å². The van der Waals surface area contributed by atoms with E-state index in [-0.39, 0.29) is 0 Å². The minimum Gasteiger partial charge on any atom is -0.296 e. The molecule has 0 N–H and O–H groups in total. The van der Waals surface area contributed by atoms with Gasteiger partial charge in [0.25, 0.3) is 0 Å². The molecule has 0 aliphatic carbocycles. The zero-order valence-corrected chi connectivity index (χ0v) is 17.8. The van der Waals surface area contributed by atoms with Crippen LogP contribution >= 0.6 is 11.3 Å². The Morgan fingerprint density at radius 3 is 2.50 bits per heavy atom. The van der Waals surface area contributed by atoms with Gasteiger partial charge in [-0.25, -0.2) is 4.98 Å². The van der Waals surface area contributed by atoms with E-state index in [0.717, 1.165) is 63.2 Å². The van der Waals surface area contributed by atoms with Crippen LogP contribution in [-0.4, -0.2) is 42.8 Å². The number of hydrogen-bond acceptors (Lipinski definition) is 6. The lowest BCUT2D eigenvalue weighted by molar-refractivity contribution is 0.286. The van der Waals surface area contributed by atoms with Crippen molar-refractivity contribution in [2.24, 2.45) is 0 Å². The van der Waals surface area contributed by atoms with Crippen molar-refractivity contribution in [2.45, 2.75) is 20.4 Å². The predicted molar refractivity (Wildman–Crippen MR) is 121 cm³/mol. The van der Waals surface area contributed by atoms with Crippen molar-refractivity contribution in [2.75, 3.05) is 13.1 Å². The monoisotopic (exact) mass is 414 g/mol. The van der Waals surface area contributed by atoms with Crippen molar-refractivity contribution in [3.63, 3.8) is 0 Å². The van der Waals surface area contributed by atoms with E-state index in [0.29, 0.717) is 0 Å². The number of para-hydroxylation sites is 1. The molecule has 150 valence electrons. The molecule has 3 aromatic heterocycles. The Kier molecular flexibility index (Phi) is 4.98. The first-order valence-corrected chi connectivity index (χ1v) is 11.0. The molecule has 0 atom stereocenters. The van der Waals surface area contributed by atoms with E-state index in [1.54, 1.807) is 11.3 Å². The topological polar surface area (TPSA) is 59.2 Å². The summed E-state index contributed by atoms with van der Waals surface area (Å²) in [4.78, 5) is 8.01. The highest BCUT2D eigenvalue weighted by molar-refractivity contribution is 7.19. The summed E-state index contributed by atoms with van der Waals surface area (Å²) < 4.78 is 1.88. The quantitative estimate of drug-likeness (QED) is 0.395. The van der Waals surface area contributed by atoms with Gasteiger partial charge in [-0.05, 0) is 25.2 Å². The Morgan fingerprint density at radius 1 is 0.933 bits per heavy atom. The number of pyridine rings is 1. The zero-order chi connectivity index (χ0) is 20.5. The van der Waals surface area contributed by atoms with Crippen LogP contribution < -0.4 is 0 Å². The van der Waals surface area contributed by atoms with E-state index in [1.165, 1.54) is 0 Å². The normalized spacial score (nSPS) is 11.7. The van der Waals surface area contributed by atoms with E-state index in [1.807, 2.05) is 34.8 Å². The molecule has 6 nitrogen and oxygen atoms in total. The molecule has 0 radical (unpaired) electrons. The number of fused-ring (bicyclic) bond motifs is 2. The van der Waals surface area contributed by atoms with Gasteiger partial charge in [-0.3, -0.25) is 4.90 Å². The Bertz CT molecular complexity index is 1300. The Balaban J connectivity index is 1.65. The maximum absolute atomic E-state index is 4.91. The van der Waals surface area contributed by atoms with Gasteiger partial charge in [0.05, 0.1) is 17.8 Å². The van der Waals surface area contributed by atoms with E-state index < -0.39 is 0 Å². The Hall–Kier alpha value is -3.16. The zero-order valence-electron chi connectivity index (χ0n) is 17.0. The van der Waals surface area contributed by atoms with Crippen LogP contribution in [0, 0.1) is 0 Å². The highest BCUT2D eigenvalue weighted by Crippen LogP contribution is 2.34. The first-order valence-electron chi connectivity index (χ1n) is 10.2. The maximum Gasteiger partial charge on any atom is 0.235 e. The van der Waals surface area contributed by atoms with E-state index in [4.69, 9.17) is 10.1 Å². The van der Waals surface area contributed by atoms with Crippen LogP contribution in [0.5, 0.6) is 0 Å². The first kappa shape index (κ1) is 18.8. The van der Waals surface area contributed by atoms with E-state index in [2.05, 4.69) is 59.3 Å². The summed E-state index contributed by atoms with van der Waals surface area (Å²) in [5.74, 6) is 0.873. The molecule has 0 saturated carbocycles. The van der Waals surface area contributed by atoms with Gasteiger partial charge in [0.15, 0.2) is 5.82 Å². The minimum absolute atomic E-state index is 0.740. The molecule has 0 amide bonds. The van der Waals surface area contributed by atoms with Crippen LogP contribution in [0.3, 0.4) is 0 Å². The predicted octanol–water partition coefficient (Wildman–Crippen LogP) is 4.91. The maximum atomic E-state index is 4.91. The number of benzene rings is 2. The summed E-state index contributed by atoms with van der Waals surface area (Å²) in [6.07, 6.45) is 0. The standard InChI is InChI=1S/C23H22N6S/c1-3-28(4-2)15-21-25-26-23-29(21)27-22(30-23)18-14-20(16-10-6-5-7-11-16)24-19-13-9-8-12-17(18)19/h5-14H,3-4,15H2,1-2H3. The SMILES string of the molecule is CCN(CC)Cc1nnc2sc(-c3cc(-c4ccccc4)nc4ccccc34)nn12. The average molecular weight is 415 g/mol. The molecule has 7 heteroatoms. The second-order valence-corrected chi connectivity index (χ2v) is 8.07. The fourth-order valence-electron chi connectivity index (χ4n) is 3.62. The Morgan fingerprint density at radius 2 is 1.70 bits per heavy atom. The van der Waals surface area contributed by atoms with E-state index >= 15 is 0 Å². The largest absolute Gasteiger partial charge is 0.296 e. The minimum atomic E-state index is 0.740. The van der Waals surface area contributed by atoms with Gasteiger partial charge in [-0.2, -0.15) is 9.61 Å². The van der Waals surface area contributed by atoms with Gasteiger partial charge in [0.1, 0.15) is 5.01 Å². The van der Waals surface area contributed by atoms with Crippen molar-refractivity contribution in [1.82, 2.24) is 29.7 Å². The lowest BCUT2D eigenvalue weighted by Gasteiger charge is -2.15. The summed E-state index contributed by atoms with van der Waals surface area (Å²) in [5.41, 5.74) is 4.07. The number of nitrogens with zero attached hydrogens (tertiary/aromatic N) is 6. The number of rotatable bonds is 6. The van der Waals surface area contributed by atoms with Gasteiger partial charge in [-0.15, -0.1) is 10.2 Å². The summed E-state index contributed by atoms with van der Waals surface area (Å²) in [5, 5.41) is 15.7. The van der Waals surface area contributed by atoms with Crippen molar-refractivity contribution in [3.05, 3.63) is 66.5 Å². The molecule has 5 aromatic rings. The second kappa shape index (κ2) is 7.93. The summed E-state index contributed by atoms with van der Waals surface area (Å²) in [6.45, 7) is 6.99. The molecule has 0 bridgehead atoms.